The number of imidazole rings is 1. The molecule has 0 fully saturated rings. The van der Waals surface area contributed by atoms with Gasteiger partial charge in [0.1, 0.15) is 12.2 Å². The highest BCUT2D eigenvalue weighted by Gasteiger charge is 2.18. The second-order valence-electron chi connectivity index (χ2n) is 5.91. The summed E-state index contributed by atoms with van der Waals surface area (Å²) in [7, 11) is 1.71. The molecule has 2 N–H and O–H groups in total. The number of anilines is 1. The molecule has 4 rings (SSSR count). The van der Waals surface area contributed by atoms with Crippen molar-refractivity contribution in [3.8, 4) is 17.1 Å². The van der Waals surface area contributed by atoms with Gasteiger partial charge in [-0.3, -0.25) is 9.36 Å². The second-order valence-corrected chi connectivity index (χ2v) is 5.91. The monoisotopic (exact) mass is 332 g/mol. The Hall–Kier alpha value is -3.48. The van der Waals surface area contributed by atoms with Crippen LogP contribution >= 0.6 is 0 Å². The van der Waals surface area contributed by atoms with E-state index < -0.39 is 0 Å². The Labute approximate surface area is 143 Å². The topological polar surface area (TPSA) is 91.6 Å². The van der Waals surface area contributed by atoms with Crippen molar-refractivity contribution in [2.75, 3.05) is 5.73 Å². The zero-order valence-electron chi connectivity index (χ0n) is 13.8. The van der Waals surface area contributed by atoms with Crippen LogP contribution in [0.1, 0.15) is 5.56 Å². The minimum Gasteiger partial charge on any atom is -0.382 e. The predicted molar refractivity (Wildman–Crippen MR) is 96.5 cm³/mol. The molecule has 3 heterocycles. The van der Waals surface area contributed by atoms with Crippen molar-refractivity contribution in [3.63, 3.8) is 0 Å². The summed E-state index contributed by atoms with van der Waals surface area (Å²) < 4.78 is 3.41. The molecule has 0 spiro atoms. The number of nitrogens with zero attached hydrogens (tertiary/aromatic N) is 5. The number of nitrogen functional groups attached to an aromatic ring is 1. The summed E-state index contributed by atoms with van der Waals surface area (Å²) in [5.74, 6) is 1.02. The van der Waals surface area contributed by atoms with E-state index in [2.05, 4.69) is 15.0 Å². The number of rotatable bonds is 2. The normalized spacial score (nSPS) is 11.1. The summed E-state index contributed by atoms with van der Waals surface area (Å²) in [5, 5.41) is 0. The SMILES string of the molecule is Cc1cccc(-c2nc3c(N)ncnc3n2-c2ccc(=O)n(C)c2)c1. The van der Waals surface area contributed by atoms with Crippen LogP contribution in [-0.4, -0.2) is 24.1 Å². The molecule has 0 atom stereocenters. The number of nitrogens with two attached hydrogens (primary N) is 1. The van der Waals surface area contributed by atoms with Gasteiger partial charge in [0, 0.05) is 24.9 Å². The van der Waals surface area contributed by atoms with Crippen molar-refractivity contribution in [1.29, 1.82) is 0 Å². The van der Waals surface area contributed by atoms with Crippen molar-refractivity contribution in [2.45, 2.75) is 6.92 Å². The minimum absolute atomic E-state index is 0.0839. The largest absolute Gasteiger partial charge is 0.382 e. The van der Waals surface area contributed by atoms with Gasteiger partial charge in [0.2, 0.25) is 5.56 Å². The van der Waals surface area contributed by atoms with Gasteiger partial charge in [-0.05, 0) is 19.1 Å². The number of hydrogen-bond acceptors (Lipinski definition) is 5. The first-order valence-electron chi connectivity index (χ1n) is 7.77. The van der Waals surface area contributed by atoms with Gasteiger partial charge in [0.05, 0.1) is 5.69 Å². The first-order valence-corrected chi connectivity index (χ1v) is 7.77. The van der Waals surface area contributed by atoms with Crippen molar-refractivity contribution in [1.82, 2.24) is 24.1 Å². The van der Waals surface area contributed by atoms with E-state index in [9.17, 15) is 4.79 Å². The third-order valence-electron chi connectivity index (χ3n) is 4.08. The van der Waals surface area contributed by atoms with Crippen LogP contribution in [0.4, 0.5) is 5.82 Å². The van der Waals surface area contributed by atoms with E-state index in [-0.39, 0.29) is 5.56 Å². The molecule has 1 aromatic carbocycles. The summed E-state index contributed by atoms with van der Waals surface area (Å²) in [6.45, 7) is 2.02. The maximum Gasteiger partial charge on any atom is 0.250 e. The Bertz CT molecular complexity index is 1160. The number of benzene rings is 1. The molecule has 0 saturated heterocycles. The lowest BCUT2D eigenvalue weighted by atomic mass is 10.1. The third-order valence-corrected chi connectivity index (χ3v) is 4.08. The minimum atomic E-state index is -0.0839. The third kappa shape index (κ3) is 2.46. The number of aromatic nitrogens is 5. The Morgan fingerprint density at radius 3 is 2.72 bits per heavy atom. The van der Waals surface area contributed by atoms with Gasteiger partial charge >= 0.3 is 0 Å². The van der Waals surface area contributed by atoms with Gasteiger partial charge in [-0.1, -0.05) is 23.8 Å². The van der Waals surface area contributed by atoms with Crippen LogP contribution in [-0.2, 0) is 7.05 Å². The lowest BCUT2D eigenvalue weighted by Crippen LogP contribution is -2.15. The molecule has 0 bridgehead atoms. The summed E-state index contributed by atoms with van der Waals surface area (Å²) >= 11 is 0. The smallest absolute Gasteiger partial charge is 0.250 e. The molecular formula is C18H16N6O. The average molecular weight is 332 g/mol. The fourth-order valence-corrected chi connectivity index (χ4v) is 2.84. The van der Waals surface area contributed by atoms with Crippen LogP contribution in [0.3, 0.4) is 0 Å². The van der Waals surface area contributed by atoms with E-state index in [4.69, 9.17) is 5.73 Å². The van der Waals surface area contributed by atoms with Crippen molar-refractivity contribution >= 4 is 17.0 Å². The summed E-state index contributed by atoms with van der Waals surface area (Å²) in [5.41, 5.74) is 9.88. The van der Waals surface area contributed by atoms with Gasteiger partial charge in [-0.15, -0.1) is 0 Å². The zero-order valence-corrected chi connectivity index (χ0v) is 13.8. The Morgan fingerprint density at radius 1 is 1.12 bits per heavy atom. The standard InChI is InChI=1S/C18H16N6O/c1-11-4-3-5-12(8-11)17-22-15-16(19)20-10-21-18(15)24(17)13-6-7-14(25)23(2)9-13/h3-10H,1-2H3,(H2,19,20,21). The van der Waals surface area contributed by atoms with Crippen LogP contribution in [0.15, 0.2) is 53.7 Å². The molecule has 0 aliphatic rings. The van der Waals surface area contributed by atoms with Crippen molar-refractivity contribution in [3.05, 3.63) is 64.8 Å². The highest BCUT2D eigenvalue weighted by Crippen LogP contribution is 2.29. The number of fused-ring (bicyclic) bond motifs is 1. The van der Waals surface area contributed by atoms with Crippen LogP contribution in [0, 0.1) is 6.92 Å². The summed E-state index contributed by atoms with van der Waals surface area (Å²) in [4.78, 5) is 24.8. The van der Waals surface area contributed by atoms with Crippen LogP contribution in [0.5, 0.6) is 0 Å². The van der Waals surface area contributed by atoms with Gasteiger partial charge in [0.15, 0.2) is 17.0 Å². The molecule has 3 aromatic heterocycles. The summed E-state index contributed by atoms with van der Waals surface area (Å²) in [6, 6.07) is 11.3. The Morgan fingerprint density at radius 2 is 1.96 bits per heavy atom. The molecule has 0 unspecified atom stereocenters. The van der Waals surface area contributed by atoms with Crippen LogP contribution in [0.2, 0.25) is 0 Å². The molecule has 7 heteroatoms. The molecule has 0 aliphatic heterocycles. The molecule has 25 heavy (non-hydrogen) atoms. The molecular weight excluding hydrogens is 316 g/mol. The van der Waals surface area contributed by atoms with E-state index in [0.717, 1.165) is 16.8 Å². The fourth-order valence-electron chi connectivity index (χ4n) is 2.84. The molecule has 0 radical (unpaired) electrons. The van der Waals surface area contributed by atoms with Gasteiger partial charge in [-0.2, -0.15) is 0 Å². The van der Waals surface area contributed by atoms with Gasteiger partial charge in [-0.25, -0.2) is 15.0 Å². The maximum atomic E-state index is 11.8. The predicted octanol–water partition coefficient (Wildman–Crippen LogP) is 2.07. The van der Waals surface area contributed by atoms with Crippen LogP contribution in [0.25, 0.3) is 28.2 Å². The average Bonchev–Trinajstić information content (AvgIpc) is 2.98. The van der Waals surface area contributed by atoms with Crippen molar-refractivity contribution in [2.24, 2.45) is 7.05 Å². The molecule has 0 aliphatic carbocycles. The van der Waals surface area contributed by atoms with E-state index in [1.807, 2.05) is 35.8 Å². The highest BCUT2D eigenvalue weighted by molar-refractivity contribution is 5.87. The molecule has 7 nitrogen and oxygen atoms in total. The number of pyridine rings is 1. The highest BCUT2D eigenvalue weighted by atomic mass is 16.1. The van der Waals surface area contributed by atoms with E-state index in [0.29, 0.717) is 22.8 Å². The maximum absolute atomic E-state index is 11.8. The second kappa shape index (κ2) is 5.55. The van der Waals surface area contributed by atoms with E-state index in [1.165, 1.54) is 17.0 Å². The fraction of sp³-hybridized carbons (Fsp3) is 0.111. The summed E-state index contributed by atoms with van der Waals surface area (Å²) in [6.07, 6.45) is 3.17. The molecule has 124 valence electrons. The number of aryl methyl sites for hydroxylation is 2. The van der Waals surface area contributed by atoms with Crippen molar-refractivity contribution < 1.29 is 0 Å². The van der Waals surface area contributed by atoms with Gasteiger partial charge < -0.3 is 10.3 Å². The quantitative estimate of drug-likeness (QED) is 0.607. The lowest BCUT2D eigenvalue weighted by Gasteiger charge is -2.10. The first-order chi connectivity index (χ1) is 12.0. The van der Waals surface area contributed by atoms with E-state index >= 15 is 0 Å². The Balaban J connectivity index is 2.10. The zero-order chi connectivity index (χ0) is 17.6. The molecule has 4 aromatic rings. The number of hydrogen-bond donors (Lipinski definition) is 1. The van der Waals surface area contributed by atoms with Gasteiger partial charge in [0.25, 0.3) is 0 Å². The van der Waals surface area contributed by atoms with Crippen LogP contribution < -0.4 is 11.3 Å². The van der Waals surface area contributed by atoms with E-state index in [1.54, 1.807) is 19.3 Å². The lowest BCUT2D eigenvalue weighted by molar-refractivity contribution is 0.846. The first kappa shape index (κ1) is 15.1. The Kier molecular flexibility index (Phi) is 3.35. The molecule has 0 saturated carbocycles. The molecule has 0 amide bonds.